The molecule has 0 aliphatic heterocycles. The number of rotatable bonds is 7. The van der Waals surface area contributed by atoms with E-state index in [9.17, 15) is 9.59 Å². The van der Waals surface area contributed by atoms with Crippen LogP contribution < -0.4 is 15.0 Å². The third-order valence-electron chi connectivity index (χ3n) is 5.85. The van der Waals surface area contributed by atoms with Gasteiger partial charge in [-0.05, 0) is 48.6 Å². The molecule has 2 amide bonds. The van der Waals surface area contributed by atoms with Crippen LogP contribution in [0, 0.1) is 5.92 Å². The Morgan fingerprint density at radius 2 is 1.87 bits per heavy atom. The van der Waals surface area contributed by atoms with E-state index in [2.05, 4.69) is 12.2 Å². The molecule has 2 aromatic rings. The van der Waals surface area contributed by atoms with Crippen LogP contribution in [0.25, 0.3) is 0 Å². The van der Waals surface area contributed by atoms with E-state index in [0.29, 0.717) is 27.9 Å². The van der Waals surface area contributed by atoms with Crippen molar-refractivity contribution in [2.45, 2.75) is 44.7 Å². The Morgan fingerprint density at radius 3 is 2.52 bits per heavy atom. The number of amides is 2. The van der Waals surface area contributed by atoms with Gasteiger partial charge in [-0.15, -0.1) is 11.6 Å². The maximum Gasteiger partial charge on any atom is 0.248 e. The molecule has 1 aliphatic carbocycles. The Hall–Kier alpha value is -2.24. The average Bonchev–Trinajstić information content (AvgIpc) is 2.79. The van der Waals surface area contributed by atoms with E-state index in [1.165, 1.54) is 11.3 Å². The maximum atomic E-state index is 13.6. The number of hydrogen-bond donors (Lipinski definition) is 1. The van der Waals surface area contributed by atoms with E-state index in [-0.39, 0.29) is 23.7 Å². The van der Waals surface area contributed by atoms with Crippen LogP contribution in [-0.2, 0) is 9.59 Å². The van der Waals surface area contributed by atoms with Gasteiger partial charge < -0.3 is 10.1 Å². The van der Waals surface area contributed by atoms with Gasteiger partial charge in [-0.2, -0.15) is 0 Å². The number of ether oxygens (including phenoxy) is 1. The van der Waals surface area contributed by atoms with Gasteiger partial charge in [-0.25, -0.2) is 0 Å². The van der Waals surface area contributed by atoms with E-state index >= 15 is 0 Å². The number of carbonyl (C=O) groups is 2. The first-order chi connectivity index (χ1) is 14.9. The molecule has 31 heavy (non-hydrogen) atoms. The SMILES string of the molecule is COc1cccc(N(C(=O)CCl)[C@H](C(=O)N[C@@H]2CCCC[C@H]2C)c2ccc(Cl)cc2)c1. The summed E-state index contributed by atoms with van der Waals surface area (Å²) in [6.45, 7) is 2.16. The molecule has 0 aromatic heterocycles. The third-order valence-corrected chi connectivity index (χ3v) is 6.33. The second-order valence-corrected chi connectivity index (χ2v) is 8.63. The van der Waals surface area contributed by atoms with Crippen molar-refractivity contribution in [3.63, 3.8) is 0 Å². The molecule has 0 bridgehead atoms. The van der Waals surface area contributed by atoms with Crippen molar-refractivity contribution in [1.82, 2.24) is 5.32 Å². The number of carbonyl (C=O) groups excluding carboxylic acids is 2. The average molecular weight is 463 g/mol. The van der Waals surface area contributed by atoms with Crippen molar-refractivity contribution in [2.75, 3.05) is 17.9 Å². The van der Waals surface area contributed by atoms with Crippen molar-refractivity contribution >= 4 is 40.7 Å². The molecular formula is C24H28Cl2N2O3. The Balaban J connectivity index is 2.03. The van der Waals surface area contributed by atoms with Crippen LogP contribution in [-0.4, -0.2) is 30.8 Å². The molecule has 1 aliphatic rings. The van der Waals surface area contributed by atoms with Crippen molar-refractivity contribution < 1.29 is 14.3 Å². The molecule has 0 spiro atoms. The van der Waals surface area contributed by atoms with Crippen LogP contribution in [0.15, 0.2) is 48.5 Å². The summed E-state index contributed by atoms with van der Waals surface area (Å²) in [7, 11) is 1.56. The fraction of sp³-hybridized carbons (Fsp3) is 0.417. The van der Waals surface area contributed by atoms with Crippen molar-refractivity contribution in [3.05, 3.63) is 59.1 Å². The van der Waals surface area contributed by atoms with Crippen LogP contribution >= 0.6 is 23.2 Å². The zero-order valence-electron chi connectivity index (χ0n) is 17.8. The largest absolute Gasteiger partial charge is 0.497 e. The van der Waals surface area contributed by atoms with Gasteiger partial charge in [0.1, 0.15) is 17.7 Å². The lowest BCUT2D eigenvalue weighted by Crippen LogP contribution is -2.49. The number of nitrogens with zero attached hydrogens (tertiary/aromatic N) is 1. The molecule has 1 fully saturated rings. The summed E-state index contributed by atoms with van der Waals surface area (Å²) in [4.78, 5) is 28.1. The number of methoxy groups -OCH3 is 1. The molecule has 3 rings (SSSR count). The lowest BCUT2D eigenvalue weighted by Gasteiger charge is -2.35. The molecule has 166 valence electrons. The molecule has 7 heteroatoms. The minimum Gasteiger partial charge on any atom is -0.497 e. The molecule has 5 nitrogen and oxygen atoms in total. The summed E-state index contributed by atoms with van der Waals surface area (Å²) in [6, 6.07) is 13.2. The van der Waals surface area contributed by atoms with Crippen molar-refractivity contribution in [1.29, 1.82) is 0 Å². The first-order valence-corrected chi connectivity index (χ1v) is 11.4. The number of alkyl halides is 1. The minimum absolute atomic E-state index is 0.0781. The fourth-order valence-electron chi connectivity index (χ4n) is 4.12. The third kappa shape index (κ3) is 5.72. The van der Waals surface area contributed by atoms with Gasteiger partial charge in [-0.3, -0.25) is 14.5 Å². The quantitative estimate of drug-likeness (QED) is 0.563. The van der Waals surface area contributed by atoms with Gasteiger partial charge in [0.05, 0.1) is 7.11 Å². The highest BCUT2D eigenvalue weighted by atomic mass is 35.5. The Labute approximate surface area is 193 Å². The van der Waals surface area contributed by atoms with E-state index in [1.807, 2.05) is 0 Å². The van der Waals surface area contributed by atoms with Crippen molar-refractivity contribution in [3.8, 4) is 5.75 Å². The van der Waals surface area contributed by atoms with Crippen LogP contribution in [0.3, 0.4) is 0 Å². The van der Waals surface area contributed by atoms with Crippen molar-refractivity contribution in [2.24, 2.45) is 5.92 Å². The van der Waals surface area contributed by atoms with Gasteiger partial charge in [0.2, 0.25) is 11.8 Å². The van der Waals surface area contributed by atoms with Gasteiger partial charge in [0.25, 0.3) is 0 Å². The topological polar surface area (TPSA) is 58.6 Å². The second-order valence-electron chi connectivity index (χ2n) is 7.93. The lowest BCUT2D eigenvalue weighted by molar-refractivity contribution is -0.126. The first-order valence-electron chi connectivity index (χ1n) is 10.5. The Morgan fingerprint density at radius 1 is 1.16 bits per heavy atom. The molecule has 3 atom stereocenters. The monoisotopic (exact) mass is 462 g/mol. The Bertz CT molecular complexity index is 904. The maximum absolute atomic E-state index is 13.6. The summed E-state index contributed by atoms with van der Waals surface area (Å²) >= 11 is 12.0. The second kappa shape index (κ2) is 10.9. The highest BCUT2D eigenvalue weighted by Gasteiger charge is 2.34. The highest BCUT2D eigenvalue weighted by molar-refractivity contribution is 6.30. The fourth-order valence-corrected chi connectivity index (χ4v) is 4.37. The van der Waals surface area contributed by atoms with Gasteiger partial charge in [0, 0.05) is 22.8 Å². The van der Waals surface area contributed by atoms with E-state index in [1.54, 1.807) is 55.6 Å². The zero-order chi connectivity index (χ0) is 22.4. The molecule has 0 unspecified atom stereocenters. The van der Waals surface area contributed by atoms with Crippen LogP contribution in [0.2, 0.25) is 5.02 Å². The molecular weight excluding hydrogens is 435 g/mol. The summed E-state index contributed by atoms with van der Waals surface area (Å²) in [5.74, 6) is 0.108. The highest BCUT2D eigenvalue weighted by Crippen LogP contribution is 2.32. The minimum atomic E-state index is -0.884. The van der Waals surface area contributed by atoms with Crippen LogP contribution in [0.5, 0.6) is 5.75 Å². The Kier molecular flexibility index (Phi) is 8.22. The lowest BCUT2D eigenvalue weighted by atomic mass is 9.85. The molecule has 1 saturated carbocycles. The van der Waals surface area contributed by atoms with Crippen LogP contribution in [0.4, 0.5) is 5.69 Å². The number of halogens is 2. The number of nitrogens with one attached hydrogen (secondary N) is 1. The summed E-state index contributed by atoms with van der Waals surface area (Å²) in [6.07, 6.45) is 4.27. The number of anilines is 1. The standard InChI is InChI=1S/C24H28Cl2N2O3/c1-16-6-3-4-9-21(16)27-24(30)23(17-10-12-18(26)13-11-17)28(22(29)15-25)19-7-5-8-20(14-19)31-2/h5,7-8,10-14,16,21,23H,3-4,6,9,15H2,1-2H3,(H,27,30)/t16-,21-,23+/m1/s1. The molecule has 0 heterocycles. The first kappa shape index (κ1) is 23.4. The molecule has 0 radical (unpaired) electrons. The van der Waals surface area contributed by atoms with E-state index in [0.717, 1.165) is 19.3 Å². The molecule has 1 N–H and O–H groups in total. The number of hydrogen-bond acceptors (Lipinski definition) is 3. The molecule has 0 saturated heterocycles. The van der Waals surface area contributed by atoms with Crippen LogP contribution in [0.1, 0.15) is 44.2 Å². The van der Waals surface area contributed by atoms with Gasteiger partial charge in [-0.1, -0.05) is 49.6 Å². The van der Waals surface area contributed by atoms with Gasteiger partial charge >= 0.3 is 0 Å². The van der Waals surface area contributed by atoms with E-state index < -0.39 is 6.04 Å². The molecule has 2 aromatic carbocycles. The summed E-state index contributed by atoms with van der Waals surface area (Å²) < 4.78 is 5.33. The zero-order valence-corrected chi connectivity index (χ0v) is 19.3. The van der Waals surface area contributed by atoms with Gasteiger partial charge in [0.15, 0.2) is 0 Å². The number of benzene rings is 2. The predicted octanol–water partition coefficient (Wildman–Crippen LogP) is 5.36. The summed E-state index contributed by atoms with van der Waals surface area (Å²) in [5.41, 5.74) is 1.20. The van der Waals surface area contributed by atoms with E-state index in [4.69, 9.17) is 27.9 Å². The smallest absolute Gasteiger partial charge is 0.248 e. The predicted molar refractivity (Wildman–Crippen MR) is 125 cm³/mol. The normalized spacial score (nSPS) is 19.4. The summed E-state index contributed by atoms with van der Waals surface area (Å²) in [5, 5.41) is 3.76.